The molecule has 0 saturated carbocycles. The molecule has 0 aliphatic rings. The average Bonchev–Trinajstić information content (AvgIpc) is 2.73. The van der Waals surface area contributed by atoms with Gasteiger partial charge in [0.25, 0.3) is 5.91 Å². The van der Waals surface area contributed by atoms with E-state index in [1.54, 1.807) is 37.9 Å². The number of anilines is 1. The van der Waals surface area contributed by atoms with Crippen LogP contribution in [0.3, 0.4) is 0 Å². The third-order valence-electron chi connectivity index (χ3n) is 4.87. The Morgan fingerprint density at radius 3 is 2.07 bits per heavy atom. The second kappa shape index (κ2) is 8.12. The summed E-state index contributed by atoms with van der Waals surface area (Å²) in [4.78, 5) is 14.6. The molecule has 6 heteroatoms. The Kier molecular flexibility index (Phi) is 5.82. The molecule has 3 aromatic carbocycles. The molecular weight excluding hydrogens is 372 g/mol. The lowest BCUT2D eigenvalue weighted by atomic mass is 10.1. The number of benzene rings is 3. The van der Waals surface area contributed by atoms with E-state index in [-0.39, 0.29) is 10.8 Å². The van der Waals surface area contributed by atoms with Gasteiger partial charge in [-0.2, -0.15) is 4.31 Å². The first-order valence-corrected chi connectivity index (χ1v) is 10.7. The molecule has 0 unspecified atom stereocenters. The fraction of sp³-hybridized carbons (Fsp3) is 0.227. The monoisotopic (exact) mass is 396 g/mol. The molecule has 0 bridgehead atoms. The predicted octanol–water partition coefficient (Wildman–Crippen LogP) is 4.15. The number of sulfonamides is 1. The predicted molar refractivity (Wildman–Crippen MR) is 113 cm³/mol. The lowest BCUT2D eigenvalue weighted by Gasteiger charge is -2.20. The van der Waals surface area contributed by atoms with Crippen molar-refractivity contribution >= 4 is 32.4 Å². The molecule has 1 amide bonds. The minimum Gasteiger partial charge on any atom is -0.311 e. The third-order valence-corrected chi connectivity index (χ3v) is 6.93. The normalized spacial score (nSPS) is 11.7. The summed E-state index contributed by atoms with van der Waals surface area (Å²) >= 11 is 0. The molecule has 3 rings (SSSR count). The van der Waals surface area contributed by atoms with Crippen LogP contribution >= 0.6 is 0 Å². The number of carbonyl (C=O) groups excluding carboxylic acids is 1. The minimum absolute atomic E-state index is 0.193. The molecule has 0 aliphatic carbocycles. The van der Waals surface area contributed by atoms with Crippen molar-refractivity contribution in [2.24, 2.45) is 0 Å². The van der Waals surface area contributed by atoms with Crippen molar-refractivity contribution in [3.8, 4) is 0 Å². The standard InChI is InChI=1S/C22H24N2O3S/c1-4-24(5-2)28(26,27)21-14-11-18(12-15-21)22(25)23(3)20-13-10-17-8-6-7-9-19(17)16-20/h6-16H,4-5H2,1-3H3. The number of carbonyl (C=O) groups is 1. The first-order chi connectivity index (χ1) is 13.4. The molecular formula is C22H24N2O3S. The SMILES string of the molecule is CCN(CC)S(=O)(=O)c1ccc(C(=O)N(C)c2ccc3ccccc3c2)cc1. The number of hydrogen-bond donors (Lipinski definition) is 0. The Morgan fingerprint density at radius 2 is 1.46 bits per heavy atom. The van der Waals surface area contributed by atoms with Crippen molar-refractivity contribution in [3.63, 3.8) is 0 Å². The van der Waals surface area contributed by atoms with E-state index < -0.39 is 10.0 Å². The second-order valence-electron chi connectivity index (χ2n) is 6.51. The Morgan fingerprint density at radius 1 is 0.857 bits per heavy atom. The van der Waals surface area contributed by atoms with E-state index in [2.05, 4.69) is 0 Å². The van der Waals surface area contributed by atoms with Gasteiger partial charge in [0.05, 0.1) is 4.90 Å². The Bertz CT molecular complexity index is 1090. The molecule has 0 saturated heterocycles. The summed E-state index contributed by atoms with van der Waals surface area (Å²) in [6, 6.07) is 19.9. The number of hydrogen-bond acceptors (Lipinski definition) is 3. The smallest absolute Gasteiger partial charge is 0.258 e. The third kappa shape index (κ3) is 3.79. The fourth-order valence-corrected chi connectivity index (χ4v) is 4.64. The molecule has 28 heavy (non-hydrogen) atoms. The van der Waals surface area contributed by atoms with Crippen LogP contribution < -0.4 is 4.90 Å². The molecule has 146 valence electrons. The maximum absolute atomic E-state index is 12.9. The summed E-state index contributed by atoms with van der Waals surface area (Å²) in [6.07, 6.45) is 0. The summed E-state index contributed by atoms with van der Waals surface area (Å²) in [5, 5.41) is 2.17. The molecule has 5 nitrogen and oxygen atoms in total. The van der Waals surface area contributed by atoms with Crippen molar-refractivity contribution in [3.05, 3.63) is 72.3 Å². The highest BCUT2D eigenvalue weighted by Gasteiger charge is 2.22. The van der Waals surface area contributed by atoms with E-state index in [1.165, 1.54) is 16.4 Å². The molecule has 0 spiro atoms. The zero-order valence-corrected chi connectivity index (χ0v) is 17.1. The molecule has 0 aliphatic heterocycles. The van der Waals surface area contributed by atoms with Gasteiger partial charge in [-0.1, -0.05) is 44.2 Å². The molecule has 0 atom stereocenters. The topological polar surface area (TPSA) is 57.7 Å². The lowest BCUT2D eigenvalue weighted by molar-refractivity contribution is 0.0993. The van der Waals surface area contributed by atoms with E-state index in [0.717, 1.165) is 16.5 Å². The van der Waals surface area contributed by atoms with Gasteiger partial charge >= 0.3 is 0 Å². The molecule has 0 radical (unpaired) electrons. The van der Waals surface area contributed by atoms with Crippen LogP contribution in [0.5, 0.6) is 0 Å². The van der Waals surface area contributed by atoms with Crippen LogP contribution in [0, 0.1) is 0 Å². The van der Waals surface area contributed by atoms with Crippen LogP contribution in [0.15, 0.2) is 71.6 Å². The molecule has 0 N–H and O–H groups in total. The maximum atomic E-state index is 12.9. The Hall–Kier alpha value is -2.70. The Balaban J connectivity index is 1.85. The quantitative estimate of drug-likeness (QED) is 0.629. The zero-order valence-electron chi connectivity index (χ0n) is 16.3. The van der Waals surface area contributed by atoms with Gasteiger partial charge in [0.15, 0.2) is 0 Å². The Labute approximate surface area is 166 Å². The fourth-order valence-electron chi connectivity index (χ4n) is 3.18. The molecule has 0 aromatic heterocycles. The number of rotatable bonds is 6. The van der Waals surface area contributed by atoms with Crippen molar-refractivity contribution in [1.29, 1.82) is 0 Å². The van der Waals surface area contributed by atoms with Gasteiger partial charge < -0.3 is 4.90 Å². The number of nitrogens with zero attached hydrogens (tertiary/aromatic N) is 2. The van der Waals surface area contributed by atoms with Crippen LogP contribution in [-0.2, 0) is 10.0 Å². The van der Waals surface area contributed by atoms with Crippen LogP contribution in [0.2, 0.25) is 0 Å². The first-order valence-electron chi connectivity index (χ1n) is 9.25. The summed E-state index contributed by atoms with van der Waals surface area (Å²) in [5.74, 6) is -0.193. The van der Waals surface area contributed by atoms with Crippen LogP contribution in [0.1, 0.15) is 24.2 Å². The second-order valence-corrected chi connectivity index (χ2v) is 8.45. The average molecular weight is 397 g/mol. The zero-order chi connectivity index (χ0) is 20.3. The van der Waals surface area contributed by atoms with Crippen molar-refractivity contribution in [2.45, 2.75) is 18.7 Å². The van der Waals surface area contributed by atoms with Gasteiger partial charge in [0, 0.05) is 31.4 Å². The highest BCUT2D eigenvalue weighted by molar-refractivity contribution is 7.89. The highest BCUT2D eigenvalue weighted by Crippen LogP contribution is 2.23. The van der Waals surface area contributed by atoms with E-state index in [1.807, 2.05) is 42.5 Å². The number of amides is 1. The van der Waals surface area contributed by atoms with Gasteiger partial charge in [0.2, 0.25) is 10.0 Å². The van der Waals surface area contributed by atoms with E-state index in [0.29, 0.717) is 18.7 Å². The highest BCUT2D eigenvalue weighted by atomic mass is 32.2. The van der Waals surface area contributed by atoms with Crippen LogP contribution in [-0.4, -0.2) is 38.8 Å². The molecule has 0 fully saturated rings. The summed E-state index contributed by atoms with van der Waals surface area (Å²) in [5.41, 5.74) is 1.22. The first kappa shape index (κ1) is 20.0. The van der Waals surface area contributed by atoms with Gasteiger partial charge in [-0.25, -0.2) is 8.42 Å². The van der Waals surface area contributed by atoms with Gasteiger partial charge in [-0.15, -0.1) is 0 Å². The summed E-state index contributed by atoms with van der Waals surface area (Å²) in [7, 11) is -1.82. The maximum Gasteiger partial charge on any atom is 0.258 e. The van der Waals surface area contributed by atoms with Crippen LogP contribution in [0.4, 0.5) is 5.69 Å². The van der Waals surface area contributed by atoms with Crippen molar-refractivity contribution < 1.29 is 13.2 Å². The minimum atomic E-state index is -3.53. The van der Waals surface area contributed by atoms with E-state index in [9.17, 15) is 13.2 Å². The van der Waals surface area contributed by atoms with Crippen molar-refractivity contribution in [1.82, 2.24) is 4.31 Å². The van der Waals surface area contributed by atoms with Gasteiger partial charge in [-0.3, -0.25) is 4.79 Å². The molecule has 3 aromatic rings. The van der Waals surface area contributed by atoms with Crippen molar-refractivity contribution in [2.75, 3.05) is 25.0 Å². The summed E-state index contributed by atoms with van der Waals surface area (Å²) in [6.45, 7) is 4.42. The summed E-state index contributed by atoms with van der Waals surface area (Å²) < 4.78 is 26.6. The largest absolute Gasteiger partial charge is 0.311 e. The lowest BCUT2D eigenvalue weighted by Crippen LogP contribution is -2.30. The van der Waals surface area contributed by atoms with E-state index >= 15 is 0 Å². The van der Waals surface area contributed by atoms with Gasteiger partial charge in [-0.05, 0) is 47.2 Å². The molecule has 0 heterocycles. The van der Waals surface area contributed by atoms with Gasteiger partial charge in [0.1, 0.15) is 0 Å². The van der Waals surface area contributed by atoms with E-state index in [4.69, 9.17) is 0 Å². The number of fused-ring (bicyclic) bond motifs is 1. The van der Waals surface area contributed by atoms with Crippen LogP contribution in [0.25, 0.3) is 10.8 Å².